The molecule has 0 fully saturated rings. The van der Waals surface area contributed by atoms with Crippen LogP contribution >= 0.6 is 27.3 Å². The van der Waals surface area contributed by atoms with Crippen LogP contribution in [0.2, 0.25) is 0 Å². The van der Waals surface area contributed by atoms with E-state index in [1.807, 2.05) is 54.6 Å². The summed E-state index contributed by atoms with van der Waals surface area (Å²) in [6.45, 7) is 0. The molecule has 3 nitrogen and oxygen atoms in total. The van der Waals surface area contributed by atoms with Crippen molar-refractivity contribution in [1.29, 1.82) is 0 Å². The van der Waals surface area contributed by atoms with Crippen LogP contribution in [0.3, 0.4) is 0 Å². The number of rotatable bonds is 4. The Balaban J connectivity index is 1.67. The fourth-order valence-corrected chi connectivity index (χ4v) is 3.52. The number of hydrazone groups is 1. The molecule has 0 spiro atoms. The molecule has 1 N–H and O–H groups in total. The van der Waals surface area contributed by atoms with Crippen LogP contribution in [0, 0.1) is 0 Å². The molecule has 1 aromatic heterocycles. The summed E-state index contributed by atoms with van der Waals surface area (Å²) in [7, 11) is 0. The number of nitrogens with zero attached hydrogens (tertiary/aromatic N) is 1. The first-order valence-corrected chi connectivity index (χ1v) is 8.37. The highest BCUT2D eigenvalue weighted by Gasteiger charge is 2.05. The largest absolute Gasteiger partial charge is 0.273 e. The molecule has 0 aliphatic heterocycles. The van der Waals surface area contributed by atoms with E-state index >= 15 is 0 Å². The van der Waals surface area contributed by atoms with Gasteiger partial charge in [-0.1, -0.05) is 42.5 Å². The summed E-state index contributed by atoms with van der Waals surface area (Å²) in [5, 5.41) is 6.24. The number of benzene rings is 2. The number of nitrogens with one attached hydrogen (secondary N) is 1. The van der Waals surface area contributed by atoms with Crippen molar-refractivity contribution in [2.75, 3.05) is 0 Å². The second-order valence-electron chi connectivity index (χ2n) is 4.75. The quantitative estimate of drug-likeness (QED) is 0.536. The molecule has 0 saturated carbocycles. The minimum absolute atomic E-state index is 0.122. The van der Waals surface area contributed by atoms with Gasteiger partial charge < -0.3 is 0 Å². The smallest absolute Gasteiger partial charge is 0.244 e. The summed E-state index contributed by atoms with van der Waals surface area (Å²) in [5.74, 6) is -0.122. The van der Waals surface area contributed by atoms with Crippen molar-refractivity contribution in [2.45, 2.75) is 6.42 Å². The maximum absolute atomic E-state index is 12.0. The SMILES string of the molecule is O=C(Cc1cccc2ccccc12)N/N=C\c1ccc(Br)s1. The molecule has 0 aliphatic rings. The van der Waals surface area contributed by atoms with Crippen LogP contribution in [-0.4, -0.2) is 12.1 Å². The second kappa shape index (κ2) is 6.85. The molecule has 0 radical (unpaired) electrons. The Morgan fingerprint density at radius 2 is 1.95 bits per heavy atom. The lowest BCUT2D eigenvalue weighted by Gasteiger charge is -2.05. The Bertz CT molecular complexity index is 836. The molecule has 0 saturated heterocycles. The number of hydrogen-bond acceptors (Lipinski definition) is 3. The van der Waals surface area contributed by atoms with Gasteiger partial charge in [0.25, 0.3) is 0 Å². The van der Waals surface area contributed by atoms with Gasteiger partial charge in [-0.05, 0) is 44.4 Å². The second-order valence-corrected chi connectivity index (χ2v) is 7.24. The third kappa shape index (κ3) is 3.61. The average Bonchev–Trinajstić information content (AvgIpc) is 2.93. The molecular formula is C17H13BrN2OS. The first-order chi connectivity index (χ1) is 10.7. The van der Waals surface area contributed by atoms with Gasteiger partial charge in [0.2, 0.25) is 5.91 Å². The predicted octanol–water partition coefficient (Wildman–Crippen LogP) is 4.36. The van der Waals surface area contributed by atoms with E-state index in [2.05, 4.69) is 26.5 Å². The summed E-state index contributed by atoms with van der Waals surface area (Å²) in [6.07, 6.45) is 1.96. The van der Waals surface area contributed by atoms with Crippen LogP contribution in [0.5, 0.6) is 0 Å². The summed E-state index contributed by atoms with van der Waals surface area (Å²) < 4.78 is 1.04. The first kappa shape index (κ1) is 14.9. The van der Waals surface area contributed by atoms with E-state index in [9.17, 15) is 4.79 Å². The Kier molecular flexibility index (Phi) is 4.65. The summed E-state index contributed by atoms with van der Waals surface area (Å²) in [5.41, 5.74) is 3.58. The van der Waals surface area contributed by atoms with Crippen LogP contribution in [0.1, 0.15) is 10.4 Å². The van der Waals surface area contributed by atoms with Crippen molar-refractivity contribution in [3.8, 4) is 0 Å². The predicted molar refractivity (Wildman–Crippen MR) is 95.4 cm³/mol. The van der Waals surface area contributed by atoms with Crippen molar-refractivity contribution in [3.63, 3.8) is 0 Å². The number of amides is 1. The highest BCUT2D eigenvalue weighted by molar-refractivity contribution is 9.11. The number of fused-ring (bicyclic) bond motifs is 1. The van der Waals surface area contributed by atoms with Crippen LogP contribution in [0.4, 0.5) is 0 Å². The normalized spacial score (nSPS) is 11.1. The van der Waals surface area contributed by atoms with Crippen LogP contribution < -0.4 is 5.43 Å². The first-order valence-electron chi connectivity index (χ1n) is 6.76. The van der Waals surface area contributed by atoms with Gasteiger partial charge in [-0.2, -0.15) is 5.10 Å². The van der Waals surface area contributed by atoms with E-state index in [0.717, 1.165) is 25.0 Å². The van der Waals surface area contributed by atoms with E-state index in [1.165, 1.54) is 0 Å². The van der Waals surface area contributed by atoms with E-state index in [1.54, 1.807) is 17.6 Å². The van der Waals surface area contributed by atoms with Crippen molar-refractivity contribution < 1.29 is 4.79 Å². The fourth-order valence-electron chi connectivity index (χ4n) is 2.22. The van der Waals surface area contributed by atoms with E-state index < -0.39 is 0 Å². The molecule has 110 valence electrons. The molecule has 1 amide bonds. The van der Waals surface area contributed by atoms with Gasteiger partial charge in [0.1, 0.15) is 0 Å². The third-order valence-corrected chi connectivity index (χ3v) is 4.76. The molecule has 3 rings (SSSR count). The van der Waals surface area contributed by atoms with Crippen LogP contribution in [-0.2, 0) is 11.2 Å². The van der Waals surface area contributed by atoms with Crippen LogP contribution in [0.25, 0.3) is 10.8 Å². The number of thiophene rings is 1. The van der Waals surface area contributed by atoms with Gasteiger partial charge in [0.15, 0.2) is 0 Å². The summed E-state index contributed by atoms with van der Waals surface area (Å²) in [4.78, 5) is 13.0. The lowest BCUT2D eigenvalue weighted by Crippen LogP contribution is -2.19. The van der Waals surface area contributed by atoms with Crippen molar-refractivity contribution in [3.05, 3.63) is 68.8 Å². The zero-order valence-electron chi connectivity index (χ0n) is 11.6. The zero-order valence-corrected chi connectivity index (χ0v) is 14.0. The molecular weight excluding hydrogens is 360 g/mol. The van der Waals surface area contributed by atoms with Crippen LogP contribution in [0.15, 0.2) is 63.5 Å². The molecule has 3 aromatic rings. The number of carbonyl (C=O) groups excluding carboxylic acids is 1. The zero-order chi connectivity index (χ0) is 15.4. The lowest BCUT2D eigenvalue weighted by molar-refractivity contribution is -0.120. The van der Waals surface area contributed by atoms with Gasteiger partial charge in [-0.3, -0.25) is 4.79 Å². The van der Waals surface area contributed by atoms with E-state index in [0.29, 0.717) is 6.42 Å². The molecule has 1 heterocycles. The minimum Gasteiger partial charge on any atom is -0.273 e. The van der Waals surface area contributed by atoms with E-state index in [4.69, 9.17) is 0 Å². The molecule has 0 aliphatic carbocycles. The van der Waals surface area contributed by atoms with Gasteiger partial charge in [0.05, 0.1) is 16.4 Å². The average molecular weight is 373 g/mol. The highest BCUT2D eigenvalue weighted by Crippen LogP contribution is 2.20. The van der Waals surface area contributed by atoms with Gasteiger partial charge in [0, 0.05) is 4.88 Å². The fraction of sp³-hybridized carbons (Fsp3) is 0.0588. The third-order valence-electron chi connectivity index (χ3n) is 3.21. The van der Waals surface area contributed by atoms with Crippen molar-refractivity contribution in [1.82, 2.24) is 5.43 Å². The Morgan fingerprint density at radius 1 is 1.14 bits per heavy atom. The summed E-state index contributed by atoms with van der Waals surface area (Å²) >= 11 is 4.95. The summed E-state index contributed by atoms with van der Waals surface area (Å²) in [6, 6.07) is 17.9. The maximum Gasteiger partial charge on any atom is 0.244 e. The van der Waals surface area contributed by atoms with Crippen molar-refractivity contribution in [2.24, 2.45) is 5.10 Å². The minimum atomic E-state index is -0.122. The molecule has 5 heteroatoms. The molecule has 0 unspecified atom stereocenters. The lowest BCUT2D eigenvalue weighted by atomic mass is 10.0. The maximum atomic E-state index is 12.0. The molecule has 22 heavy (non-hydrogen) atoms. The number of hydrogen-bond donors (Lipinski definition) is 1. The van der Waals surface area contributed by atoms with Gasteiger partial charge in [-0.15, -0.1) is 11.3 Å². The van der Waals surface area contributed by atoms with E-state index in [-0.39, 0.29) is 5.91 Å². The Hall–Kier alpha value is -1.98. The number of carbonyl (C=O) groups is 1. The molecule has 0 bridgehead atoms. The molecule has 0 atom stereocenters. The van der Waals surface area contributed by atoms with Gasteiger partial charge >= 0.3 is 0 Å². The number of halogens is 1. The topological polar surface area (TPSA) is 41.5 Å². The van der Waals surface area contributed by atoms with Crippen molar-refractivity contribution >= 4 is 50.2 Å². The standard InChI is InChI=1S/C17H13BrN2OS/c18-16-9-8-14(22-16)11-19-20-17(21)10-13-6-3-5-12-4-1-2-7-15(12)13/h1-9,11H,10H2,(H,20,21)/b19-11-. The molecule has 2 aromatic carbocycles. The highest BCUT2D eigenvalue weighted by atomic mass is 79.9. The van der Waals surface area contributed by atoms with Gasteiger partial charge in [-0.25, -0.2) is 5.43 Å². The monoisotopic (exact) mass is 372 g/mol. The Labute approximate surface area is 140 Å². The Morgan fingerprint density at radius 3 is 2.77 bits per heavy atom.